The second-order valence-electron chi connectivity index (χ2n) is 4.80. The molecular weight excluding hydrogens is 314 g/mol. The molecule has 1 amide bonds. The fourth-order valence-electron chi connectivity index (χ4n) is 1.98. The normalized spacial score (nSPS) is 17.1. The Labute approximate surface area is 137 Å². The van der Waals surface area contributed by atoms with E-state index in [0.717, 1.165) is 17.9 Å². The number of pyridine rings is 1. The van der Waals surface area contributed by atoms with Crippen LogP contribution in [0.4, 0.5) is 0 Å². The highest BCUT2D eigenvalue weighted by atomic mass is 32.2. The predicted octanol–water partition coefficient (Wildman–Crippen LogP) is -0.0599. The largest absolute Gasteiger partial charge is 0.351 e. The summed E-state index contributed by atoms with van der Waals surface area (Å²) in [6.07, 6.45) is 6.44. The van der Waals surface area contributed by atoms with Gasteiger partial charge in [0.25, 0.3) is 5.91 Å². The minimum atomic E-state index is -0.168. The van der Waals surface area contributed by atoms with Gasteiger partial charge < -0.3 is 5.32 Å². The van der Waals surface area contributed by atoms with Gasteiger partial charge in [-0.25, -0.2) is 20.8 Å². The van der Waals surface area contributed by atoms with Gasteiger partial charge in [-0.3, -0.25) is 9.78 Å². The number of hydrogen-bond donors (Lipinski definition) is 4. The molecule has 0 bridgehead atoms. The summed E-state index contributed by atoms with van der Waals surface area (Å²) in [5.41, 5.74) is 10.1. The monoisotopic (exact) mass is 331 g/mol. The molecule has 2 aromatic heterocycles. The number of hydrogen-bond acceptors (Lipinski definition) is 8. The Kier molecular flexibility index (Phi) is 5.48. The molecule has 0 radical (unpaired) electrons. The lowest BCUT2D eigenvalue weighted by Crippen LogP contribution is -2.33. The SMILES string of the molecule is O=C(NCCSC1CNNN1)c1cnc(-c2cccnc2)nc1. The van der Waals surface area contributed by atoms with Crippen LogP contribution < -0.4 is 21.7 Å². The third-order valence-electron chi connectivity index (χ3n) is 3.15. The average Bonchev–Trinajstić information content (AvgIpc) is 3.13. The molecule has 1 atom stereocenters. The first kappa shape index (κ1) is 15.8. The summed E-state index contributed by atoms with van der Waals surface area (Å²) in [4.78, 5) is 24.5. The predicted molar refractivity (Wildman–Crippen MR) is 88.1 cm³/mol. The number of amides is 1. The van der Waals surface area contributed by atoms with Crippen molar-refractivity contribution in [3.05, 3.63) is 42.5 Å². The minimum Gasteiger partial charge on any atom is -0.351 e. The molecule has 1 aliphatic heterocycles. The second kappa shape index (κ2) is 7.97. The van der Waals surface area contributed by atoms with Gasteiger partial charge in [-0.15, -0.1) is 11.8 Å². The molecule has 3 heterocycles. The van der Waals surface area contributed by atoms with E-state index in [9.17, 15) is 4.79 Å². The summed E-state index contributed by atoms with van der Waals surface area (Å²) in [7, 11) is 0. The Hall–Kier alpha value is -2.07. The summed E-state index contributed by atoms with van der Waals surface area (Å²) in [6, 6.07) is 3.70. The van der Waals surface area contributed by atoms with E-state index in [1.165, 1.54) is 12.4 Å². The topological polar surface area (TPSA) is 104 Å². The number of carbonyl (C=O) groups excluding carboxylic acids is 1. The first-order chi connectivity index (χ1) is 11.3. The van der Waals surface area contributed by atoms with Crippen molar-refractivity contribution in [1.29, 1.82) is 0 Å². The van der Waals surface area contributed by atoms with Crippen LogP contribution in [0.3, 0.4) is 0 Å². The van der Waals surface area contributed by atoms with E-state index in [-0.39, 0.29) is 5.91 Å². The average molecular weight is 331 g/mol. The van der Waals surface area contributed by atoms with Crippen LogP contribution in [0.5, 0.6) is 0 Å². The third kappa shape index (κ3) is 4.45. The molecular formula is C14H17N7OS. The van der Waals surface area contributed by atoms with Crippen molar-refractivity contribution >= 4 is 17.7 Å². The molecule has 0 spiro atoms. The smallest absolute Gasteiger partial charge is 0.254 e. The molecule has 0 saturated carbocycles. The molecule has 0 aliphatic carbocycles. The van der Waals surface area contributed by atoms with Crippen LogP contribution in [0.15, 0.2) is 36.9 Å². The summed E-state index contributed by atoms with van der Waals surface area (Å²) in [5.74, 6) is 1.21. The van der Waals surface area contributed by atoms with Crippen LogP contribution in [0.2, 0.25) is 0 Å². The van der Waals surface area contributed by atoms with Crippen molar-refractivity contribution < 1.29 is 4.79 Å². The fraction of sp³-hybridized carbons (Fsp3) is 0.286. The Morgan fingerprint density at radius 3 is 2.91 bits per heavy atom. The molecule has 3 rings (SSSR count). The lowest BCUT2D eigenvalue weighted by molar-refractivity contribution is 0.0955. The maximum Gasteiger partial charge on any atom is 0.254 e. The van der Waals surface area contributed by atoms with Crippen molar-refractivity contribution in [2.45, 2.75) is 5.37 Å². The summed E-state index contributed by atoms with van der Waals surface area (Å²) in [5, 5.41) is 3.18. The lowest BCUT2D eigenvalue weighted by atomic mass is 10.2. The van der Waals surface area contributed by atoms with Gasteiger partial charge >= 0.3 is 0 Å². The zero-order valence-electron chi connectivity index (χ0n) is 12.3. The maximum atomic E-state index is 12.0. The Balaban J connectivity index is 1.47. The van der Waals surface area contributed by atoms with Gasteiger partial charge in [-0.2, -0.15) is 5.53 Å². The quantitative estimate of drug-likeness (QED) is 0.546. The number of thioether (sulfide) groups is 1. The highest BCUT2D eigenvalue weighted by Crippen LogP contribution is 2.12. The number of hydrazine groups is 2. The highest BCUT2D eigenvalue weighted by molar-refractivity contribution is 7.99. The van der Waals surface area contributed by atoms with Crippen LogP contribution in [-0.2, 0) is 0 Å². The second-order valence-corrected chi connectivity index (χ2v) is 6.11. The van der Waals surface area contributed by atoms with E-state index in [2.05, 4.69) is 36.7 Å². The summed E-state index contributed by atoms with van der Waals surface area (Å²) < 4.78 is 0. The number of carbonyl (C=O) groups is 1. The van der Waals surface area contributed by atoms with Crippen molar-refractivity contribution in [3.63, 3.8) is 0 Å². The lowest BCUT2D eigenvalue weighted by Gasteiger charge is -2.09. The fourth-order valence-corrected chi connectivity index (χ4v) is 2.83. The number of aromatic nitrogens is 3. The maximum absolute atomic E-state index is 12.0. The van der Waals surface area contributed by atoms with Crippen molar-refractivity contribution in [1.82, 2.24) is 36.7 Å². The molecule has 4 N–H and O–H groups in total. The van der Waals surface area contributed by atoms with E-state index < -0.39 is 0 Å². The van der Waals surface area contributed by atoms with E-state index in [1.807, 2.05) is 12.1 Å². The first-order valence-corrected chi connectivity index (χ1v) is 8.23. The van der Waals surface area contributed by atoms with Gasteiger partial charge in [0.05, 0.1) is 10.9 Å². The van der Waals surface area contributed by atoms with E-state index in [4.69, 9.17) is 0 Å². The van der Waals surface area contributed by atoms with Gasteiger partial charge in [0.2, 0.25) is 0 Å². The molecule has 120 valence electrons. The van der Waals surface area contributed by atoms with Crippen LogP contribution in [0.1, 0.15) is 10.4 Å². The zero-order chi connectivity index (χ0) is 15.9. The molecule has 8 nitrogen and oxygen atoms in total. The molecule has 0 aromatic carbocycles. The van der Waals surface area contributed by atoms with E-state index in [0.29, 0.717) is 23.3 Å². The number of rotatable bonds is 6. The minimum absolute atomic E-state index is 0.168. The zero-order valence-corrected chi connectivity index (χ0v) is 13.1. The number of nitrogens with zero attached hydrogens (tertiary/aromatic N) is 3. The molecule has 1 aliphatic rings. The van der Waals surface area contributed by atoms with Crippen molar-refractivity contribution in [2.24, 2.45) is 0 Å². The Morgan fingerprint density at radius 1 is 1.35 bits per heavy atom. The third-order valence-corrected chi connectivity index (χ3v) is 4.28. The molecule has 1 unspecified atom stereocenters. The molecule has 2 aromatic rings. The van der Waals surface area contributed by atoms with Gasteiger partial charge in [-0.1, -0.05) is 0 Å². The number of nitrogens with one attached hydrogen (secondary N) is 4. The molecule has 23 heavy (non-hydrogen) atoms. The molecule has 9 heteroatoms. The van der Waals surface area contributed by atoms with Crippen LogP contribution in [0.25, 0.3) is 11.4 Å². The Bertz CT molecular complexity index is 631. The summed E-state index contributed by atoms with van der Waals surface area (Å²) in [6.45, 7) is 1.44. The Morgan fingerprint density at radius 2 is 2.22 bits per heavy atom. The molecule has 1 fully saturated rings. The van der Waals surface area contributed by atoms with Gasteiger partial charge in [0, 0.05) is 49.2 Å². The highest BCUT2D eigenvalue weighted by Gasteiger charge is 2.13. The van der Waals surface area contributed by atoms with E-state index in [1.54, 1.807) is 24.2 Å². The van der Waals surface area contributed by atoms with Gasteiger partial charge in [0.15, 0.2) is 5.82 Å². The van der Waals surface area contributed by atoms with Crippen molar-refractivity contribution in [2.75, 3.05) is 18.8 Å². The van der Waals surface area contributed by atoms with Gasteiger partial charge in [0.1, 0.15) is 0 Å². The van der Waals surface area contributed by atoms with Gasteiger partial charge in [-0.05, 0) is 12.1 Å². The van der Waals surface area contributed by atoms with Crippen molar-refractivity contribution in [3.8, 4) is 11.4 Å². The standard InChI is InChI=1S/C14H17N7OS/c22-14(16-4-5-23-12-9-19-21-20-12)11-7-17-13(18-8-11)10-2-1-3-15-6-10/h1-3,6-8,12,19-21H,4-5,9H2,(H,16,22). The van der Waals surface area contributed by atoms with Crippen LogP contribution in [0, 0.1) is 0 Å². The van der Waals surface area contributed by atoms with Crippen LogP contribution >= 0.6 is 11.8 Å². The van der Waals surface area contributed by atoms with E-state index >= 15 is 0 Å². The molecule has 1 saturated heterocycles. The van der Waals surface area contributed by atoms with Crippen LogP contribution in [-0.4, -0.2) is 45.1 Å². The first-order valence-electron chi connectivity index (χ1n) is 7.18. The summed E-state index contributed by atoms with van der Waals surface area (Å²) >= 11 is 1.73.